The molecule has 112 heavy (non-hydrogen) atoms. The molecule has 0 spiro atoms. The van der Waals surface area contributed by atoms with Crippen molar-refractivity contribution >= 4 is 5.91 Å². The molecule has 6 aliphatic heterocycles. The zero-order chi connectivity index (χ0) is 82.0. The first kappa shape index (κ1) is 99.0. The topological polar surface area (TPSA) is 565 Å². The number of ether oxygens (including phenoxy) is 12. The van der Waals surface area contributed by atoms with Crippen LogP contribution in [-0.4, -0.2) is 362 Å². The Morgan fingerprint density at radius 3 is 1.28 bits per heavy atom. The SMILES string of the molecule is CCCCCCCCCCCCCCCCCCCCCCC[C@@H](O)C(=O)N[C@@H](CO[C@@H]1O[C@H](CO[C@H]2OC[C@H](O)[C@H](O)[C@H]2O[C@H]2O[C@H](CO)[C@H](O)[C@H](O[C@@H]3O[C@@H]([C@@H](O)CO)[C@H](O[C@H]4O[C@@H]([C@@H](O)CO)[C@H](O)[C@H]4O)[C@H]3O[C@H]3O[C@@H]([C@H](O)CO)[C@H](O)[C@H]3O)[C@H]2O)[C@@H](O)[C@H](O)[C@H]1O)[C@H](O)[C@H](O)CCCCCCCCCCC(C)C. The molecule has 35 heteroatoms. The number of hydrogen-bond acceptors (Lipinski definition) is 34. The molecule has 0 aromatic rings. The second-order valence-corrected chi connectivity index (χ2v) is 32.0. The lowest BCUT2D eigenvalue weighted by atomic mass is 9.98. The lowest BCUT2D eigenvalue weighted by Gasteiger charge is -2.46. The van der Waals surface area contributed by atoms with E-state index in [9.17, 15) is 112 Å². The minimum absolute atomic E-state index is 0.108. The van der Waals surface area contributed by atoms with E-state index in [2.05, 4.69) is 26.1 Å². The van der Waals surface area contributed by atoms with Crippen LogP contribution in [0.15, 0.2) is 0 Å². The van der Waals surface area contributed by atoms with Gasteiger partial charge in [-0.1, -0.05) is 213 Å². The van der Waals surface area contributed by atoms with Crippen LogP contribution in [0.25, 0.3) is 0 Å². The summed E-state index contributed by atoms with van der Waals surface area (Å²) in [5.41, 5.74) is 0. The molecule has 0 aromatic heterocycles. The monoisotopic (exact) mass is 1630 g/mol. The molecule has 0 bridgehead atoms. The van der Waals surface area contributed by atoms with Crippen LogP contribution in [-0.2, 0) is 61.6 Å². The highest BCUT2D eigenvalue weighted by molar-refractivity contribution is 5.80. The number of carbonyl (C=O) groups excluding carboxylic acids is 1. The van der Waals surface area contributed by atoms with Crippen LogP contribution < -0.4 is 5.32 Å². The third kappa shape index (κ3) is 30.7. The summed E-state index contributed by atoms with van der Waals surface area (Å²) >= 11 is 0. The van der Waals surface area contributed by atoms with Gasteiger partial charge in [-0.3, -0.25) is 4.79 Å². The third-order valence-electron chi connectivity index (χ3n) is 22.4. The minimum atomic E-state index is -2.30. The molecule has 6 saturated heterocycles. The van der Waals surface area contributed by atoms with Gasteiger partial charge in [0.2, 0.25) is 5.91 Å². The van der Waals surface area contributed by atoms with Crippen LogP contribution in [0.4, 0.5) is 0 Å². The number of unbranched alkanes of at least 4 members (excludes halogenated alkanes) is 27. The van der Waals surface area contributed by atoms with E-state index in [-0.39, 0.29) is 12.8 Å². The molecule has 6 rings (SSSR count). The Balaban J connectivity index is 1.08. The first-order valence-electron chi connectivity index (χ1n) is 41.8. The van der Waals surface area contributed by atoms with E-state index >= 15 is 0 Å². The zero-order valence-electron chi connectivity index (χ0n) is 65.9. The number of hydrogen-bond donors (Lipinski definition) is 22. The van der Waals surface area contributed by atoms with Gasteiger partial charge in [-0.2, -0.15) is 0 Å². The maximum Gasteiger partial charge on any atom is 0.249 e. The van der Waals surface area contributed by atoms with E-state index in [0.29, 0.717) is 18.8 Å². The van der Waals surface area contributed by atoms with Crippen LogP contribution in [0, 0.1) is 5.92 Å². The highest BCUT2D eigenvalue weighted by Gasteiger charge is 2.60. The van der Waals surface area contributed by atoms with Crippen molar-refractivity contribution in [2.45, 2.75) is 429 Å². The van der Waals surface area contributed by atoms with E-state index in [0.717, 1.165) is 70.6 Å². The average molecular weight is 1630 g/mol. The first-order chi connectivity index (χ1) is 53.7. The largest absolute Gasteiger partial charge is 0.394 e. The summed E-state index contributed by atoms with van der Waals surface area (Å²) < 4.78 is 70.6. The van der Waals surface area contributed by atoms with Gasteiger partial charge in [0, 0.05) is 0 Å². The Labute approximate surface area is 658 Å². The fraction of sp³-hybridized carbons (Fsp3) is 0.987. The number of amides is 1. The average Bonchev–Trinajstić information content (AvgIpc) is 1.58. The van der Waals surface area contributed by atoms with Crippen LogP contribution in [0.5, 0.6) is 0 Å². The maximum atomic E-state index is 13.7. The van der Waals surface area contributed by atoms with E-state index in [1.165, 1.54) is 109 Å². The van der Waals surface area contributed by atoms with Crippen LogP contribution in [0.1, 0.15) is 226 Å². The molecule has 6 aliphatic rings. The molecule has 1 amide bonds. The maximum absolute atomic E-state index is 13.7. The van der Waals surface area contributed by atoms with Gasteiger partial charge in [-0.05, 0) is 18.8 Å². The normalized spacial score (nSPS) is 35.8. The van der Waals surface area contributed by atoms with Crippen molar-refractivity contribution in [2.24, 2.45) is 5.92 Å². The van der Waals surface area contributed by atoms with E-state index in [4.69, 9.17) is 56.8 Å². The van der Waals surface area contributed by atoms with E-state index in [1.54, 1.807) is 0 Å². The summed E-state index contributed by atoms with van der Waals surface area (Å²) in [6, 6.07) is -1.43. The predicted molar refractivity (Wildman–Crippen MR) is 395 cm³/mol. The van der Waals surface area contributed by atoms with E-state index in [1.807, 2.05) is 0 Å². The molecule has 660 valence electrons. The van der Waals surface area contributed by atoms with Crippen LogP contribution in [0.3, 0.4) is 0 Å². The van der Waals surface area contributed by atoms with Gasteiger partial charge in [0.1, 0.15) is 153 Å². The summed E-state index contributed by atoms with van der Waals surface area (Å²) in [6.07, 6.45) is -26.7. The van der Waals surface area contributed by atoms with Gasteiger partial charge in [0.05, 0.1) is 58.4 Å². The summed E-state index contributed by atoms with van der Waals surface area (Å²) in [5, 5.41) is 233. The van der Waals surface area contributed by atoms with Crippen molar-refractivity contribution in [1.29, 1.82) is 0 Å². The summed E-state index contributed by atoms with van der Waals surface area (Å²) in [6.45, 7) is 0.379. The number of rotatable bonds is 58. The molecule has 6 fully saturated rings. The summed E-state index contributed by atoms with van der Waals surface area (Å²) in [5.74, 6) is -0.199. The highest BCUT2D eigenvalue weighted by Crippen LogP contribution is 2.40. The van der Waals surface area contributed by atoms with Gasteiger partial charge in [0.15, 0.2) is 37.7 Å². The molecule has 22 N–H and O–H groups in total. The molecule has 0 saturated carbocycles. The van der Waals surface area contributed by atoms with Gasteiger partial charge in [0.25, 0.3) is 0 Å². The number of nitrogens with one attached hydrogen (secondary N) is 1. The van der Waals surface area contributed by atoms with Crippen molar-refractivity contribution in [1.82, 2.24) is 5.32 Å². The Morgan fingerprint density at radius 2 is 0.795 bits per heavy atom. The lowest BCUT2D eigenvalue weighted by Crippen LogP contribution is -2.64. The minimum Gasteiger partial charge on any atom is -0.394 e. The zero-order valence-corrected chi connectivity index (χ0v) is 65.9. The van der Waals surface area contributed by atoms with Crippen molar-refractivity contribution in [3.8, 4) is 0 Å². The van der Waals surface area contributed by atoms with Crippen LogP contribution in [0.2, 0.25) is 0 Å². The van der Waals surface area contributed by atoms with Crippen molar-refractivity contribution in [3.05, 3.63) is 0 Å². The first-order valence-corrected chi connectivity index (χ1v) is 41.8. The molecule has 35 nitrogen and oxygen atoms in total. The molecule has 0 unspecified atom stereocenters. The smallest absolute Gasteiger partial charge is 0.249 e. The van der Waals surface area contributed by atoms with Crippen molar-refractivity contribution in [3.63, 3.8) is 0 Å². The van der Waals surface area contributed by atoms with Gasteiger partial charge in [-0.25, -0.2) is 0 Å². The fourth-order valence-corrected chi connectivity index (χ4v) is 15.3. The van der Waals surface area contributed by atoms with Gasteiger partial charge >= 0.3 is 0 Å². The standard InChI is InChI=1S/C77H143NO34/c1-4-5-6-7-8-9-10-11-12-13-14-15-16-17-18-19-20-21-26-29-32-35-46(84)71(100)78-44(53(89)45(83)34-31-28-25-23-22-24-27-30-33-43(2)3)40-101-72-60(96)57(93)55(91)52(105-72)42-103-76-68(54(90)50(88)41-102-76)110-75-63(99)67(56(92)51(39-82)104-75)109-77-70(112-74-62(98)59(95)65(107-74)48(86)37-80)69(66(108-77)49(87)38-81)111-73-61(97)58(94)64(106-73)47(85)36-79/h43-70,72-77,79-99H,4-42H2,1-3H3,(H,78,100)/t44-,45+,46+,47-,48+,49-,50-,51+,52+,53-,54-,55+,56-,57-,58+,59+,60+,61+,62+,63+,64-,65-,66-,67-,68+,69-,70+,72+,73+,74+,75+,76+,77-/m0/s1. The van der Waals surface area contributed by atoms with E-state index < -0.39 is 255 Å². The predicted octanol–water partition coefficient (Wildman–Crippen LogP) is -1.71. The van der Waals surface area contributed by atoms with Gasteiger partial charge in [-0.15, -0.1) is 0 Å². The Kier molecular flexibility index (Phi) is 46.9. The lowest BCUT2D eigenvalue weighted by molar-refractivity contribution is -0.374. The van der Waals surface area contributed by atoms with Crippen molar-refractivity contribution in [2.75, 3.05) is 46.2 Å². The number of carbonyl (C=O) groups is 1. The molecular weight excluding hydrogens is 1480 g/mol. The molecule has 0 aliphatic carbocycles. The quantitative estimate of drug-likeness (QED) is 0.0302. The second kappa shape index (κ2) is 53.0. The number of aliphatic hydroxyl groups excluding tert-OH is 21. The van der Waals surface area contributed by atoms with Crippen molar-refractivity contribution < 1.29 is 169 Å². The Hall–Kier alpha value is -1.85. The molecule has 0 aromatic carbocycles. The summed E-state index contributed by atoms with van der Waals surface area (Å²) in [7, 11) is 0. The second-order valence-electron chi connectivity index (χ2n) is 32.0. The molecule has 33 atom stereocenters. The van der Waals surface area contributed by atoms with Gasteiger partial charge < -0.3 is 169 Å². The molecule has 0 radical (unpaired) electrons. The number of aliphatic hydroxyl groups is 21. The Morgan fingerprint density at radius 1 is 0.384 bits per heavy atom. The van der Waals surface area contributed by atoms with Crippen LogP contribution >= 0.6 is 0 Å². The Bertz CT molecular complexity index is 2440. The fourth-order valence-electron chi connectivity index (χ4n) is 15.3. The highest BCUT2D eigenvalue weighted by atomic mass is 16.8. The molecule has 6 heterocycles. The summed E-state index contributed by atoms with van der Waals surface area (Å²) in [4.78, 5) is 13.7. The third-order valence-corrected chi connectivity index (χ3v) is 22.4. The molecular formula is C77H143NO34.